The number of aromatic nitrogens is 2. The molecule has 0 saturated carbocycles. The molecule has 0 radical (unpaired) electrons. The smallest absolute Gasteiger partial charge is 0.261 e. The van der Waals surface area contributed by atoms with Crippen LogP contribution in [0.25, 0.3) is 16.7 Å². The van der Waals surface area contributed by atoms with E-state index in [0.717, 1.165) is 41.1 Å². The summed E-state index contributed by atoms with van der Waals surface area (Å²) in [6, 6.07) is 8.70. The molecular weight excluding hydrogens is 440 g/mol. The van der Waals surface area contributed by atoms with Crippen LogP contribution < -0.4 is 15.6 Å². The van der Waals surface area contributed by atoms with Crippen LogP contribution in [0, 0.1) is 23.3 Å². The van der Waals surface area contributed by atoms with E-state index in [2.05, 4.69) is 4.98 Å². The van der Waals surface area contributed by atoms with E-state index in [1.54, 1.807) is 19.0 Å². The number of halogens is 4. The molecule has 10 heteroatoms. The third-order valence-electron chi connectivity index (χ3n) is 4.91. The summed E-state index contributed by atoms with van der Waals surface area (Å²) in [5.41, 5.74) is -2.21. The zero-order valence-electron chi connectivity index (χ0n) is 17.4. The molecule has 0 aliphatic rings. The maximum atomic E-state index is 14.6. The van der Waals surface area contributed by atoms with Gasteiger partial charge in [-0.3, -0.25) is 14.2 Å². The van der Waals surface area contributed by atoms with Crippen molar-refractivity contribution in [3.63, 3.8) is 0 Å². The maximum Gasteiger partial charge on any atom is 0.261 e. The van der Waals surface area contributed by atoms with Crippen LogP contribution in [0.15, 0.2) is 59.5 Å². The number of amides is 1. The van der Waals surface area contributed by atoms with Gasteiger partial charge in [0, 0.05) is 26.4 Å². The number of carbonyl (C=O) groups excluding carboxylic acids is 1. The Morgan fingerprint density at radius 2 is 1.67 bits per heavy atom. The number of pyridine rings is 2. The summed E-state index contributed by atoms with van der Waals surface area (Å²) in [5, 5.41) is 2.00. The van der Waals surface area contributed by atoms with Crippen molar-refractivity contribution < 1.29 is 22.4 Å². The van der Waals surface area contributed by atoms with Gasteiger partial charge < -0.3 is 10.2 Å². The summed E-state index contributed by atoms with van der Waals surface area (Å²) in [5.74, 6) is -4.54. The lowest BCUT2D eigenvalue weighted by Crippen LogP contribution is -2.25. The number of hydrogen-bond donors (Lipinski definition) is 1. The summed E-state index contributed by atoms with van der Waals surface area (Å²) in [7, 11) is 3.42. The summed E-state index contributed by atoms with van der Waals surface area (Å²) < 4.78 is 57.2. The summed E-state index contributed by atoms with van der Waals surface area (Å²) in [6.07, 6.45) is 1.00. The molecule has 1 amide bonds. The van der Waals surface area contributed by atoms with Crippen molar-refractivity contribution in [2.75, 3.05) is 24.3 Å². The lowest BCUT2D eigenvalue weighted by molar-refractivity contribution is 0.102. The van der Waals surface area contributed by atoms with Crippen LogP contribution in [0.4, 0.5) is 29.1 Å². The molecule has 0 bridgehead atoms. The number of nitrogens with zero attached hydrogens (tertiary/aromatic N) is 3. The van der Waals surface area contributed by atoms with Crippen molar-refractivity contribution in [3.8, 4) is 5.69 Å². The second kappa shape index (κ2) is 8.38. The topological polar surface area (TPSA) is 67.2 Å². The van der Waals surface area contributed by atoms with Crippen molar-refractivity contribution >= 4 is 28.4 Å². The van der Waals surface area contributed by atoms with Gasteiger partial charge in [-0.2, -0.15) is 0 Å². The predicted molar refractivity (Wildman–Crippen MR) is 116 cm³/mol. The van der Waals surface area contributed by atoms with E-state index >= 15 is 0 Å². The first-order chi connectivity index (χ1) is 15.7. The quantitative estimate of drug-likeness (QED) is 0.466. The second-order valence-corrected chi connectivity index (χ2v) is 7.32. The van der Waals surface area contributed by atoms with Crippen LogP contribution in [0.5, 0.6) is 0 Å². The molecule has 33 heavy (non-hydrogen) atoms. The average Bonchev–Trinajstić information content (AvgIpc) is 2.77. The molecule has 2 aromatic heterocycles. The third-order valence-corrected chi connectivity index (χ3v) is 4.91. The van der Waals surface area contributed by atoms with Crippen LogP contribution in [0.3, 0.4) is 0 Å². The molecule has 0 aliphatic heterocycles. The largest absolute Gasteiger partial charge is 0.363 e. The lowest BCUT2D eigenvalue weighted by atomic mass is 10.1. The summed E-state index contributed by atoms with van der Waals surface area (Å²) >= 11 is 0. The highest BCUT2D eigenvalue weighted by molar-refractivity contribution is 6.06. The number of anilines is 2. The number of benzene rings is 2. The van der Waals surface area contributed by atoms with Crippen LogP contribution >= 0.6 is 0 Å². The first-order valence-corrected chi connectivity index (χ1v) is 9.62. The minimum absolute atomic E-state index is 0.00494. The molecule has 2 heterocycles. The number of carbonyl (C=O) groups is 1. The minimum Gasteiger partial charge on any atom is -0.363 e. The van der Waals surface area contributed by atoms with Crippen molar-refractivity contribution in [2.45, 2.75) is 0 Å². The standard InChI is InChI=1S/C23H16F4N4O2/c1-30(2)19-9-7-13-21(32)14(23(33)29-20-15(25)4-3-5-16(20)26)11-31(22(13)28-19)18-8-6-12(24)10-17(18)27/h3-11H,1-2H3,(H,29,33). The SMILES string of the molecule is CN(C)c1ccc2c(=O)c(C(=O)Nc3c(F)cccc3F)cn(-c3ccc(F)cc3F)c2n1. The van der Waals surface area contributed by atoms with Gasteiger partial charge in [-0.15, -0.1) is 0 Å². The molecule has 0 unspecified atom stereocenters. The Balaban J connectivity index is 1.96. The third kappa shape index (κ3) is 4.02. The first kappa shape index (κ1) is 22.0. The number of fused-ring (bicyclic) bond motifs is 1. The van der Waals surface area contributed by atoms with E-state index in [-0.39, 0.29) is 16.7 Å². The second-order valence-electron chi connectivity index (χ2n) is 7.32. The molecule has 4 rings (SSSR count). The Morgan fingerprint density at radius 1 is 0.970 bits per heavy atom. The van der Waals surface area contributed by atoms with Crippen molar-refractivity contribution in [2.24, 2.45) is 0 Å². The maximum absolute atomic E-state index is 14.6. The molecule has 0 saturated heterocycles. The molecule has 0 atom stereocenters. The number of nitrogens with one attached hydrogen (secondary N) is 1. The van der Waals surface area contributed by atoms with E-state index in [9.17, 15) is 27.2 Å². The zero-order valence-corrected chi connectivity index (χ0v) is 17.4. The molecule has 168 valence electrons. The molecule has 0 fully saturated rings. The highest BCUT2D eigenvalue weighted by Crippen LogP contribution is 2.23. The van der Waals surface area contributed by atoms with Gasteiger partial charge in [0.2, 0.25) is 5.43 Å². The summed E-state index contributed by atoms with van der Waals surface area (Å²) in [4.78, 5) is 31.9. The number of hydrogen-bond acceptors (Lipinski definition) is 4. The van der Waals surface area contributed by atoms with E-state index in [4.69, 9.17) is 0 Å². The van der Waals surface area contributed by atoms with Crippen molar-refractivity contribution in [3.05, 3.63) is 93.8 Å². The average molecular weight is 456 g/mol. The molecule has 0 aliphatic carbocycles. The van der Waals surface area contributed by atoms with Crippen molar-refractivity contribution in [1.82, 2.24) is 9.55 Å². The molecule has 2 aromatic carbocycles. The van der Waals surface area contributed by atoms with Gasteiger partial charge in [0.05, 0.1) is 11.1 Å². The fourth-order valence-corrected chi connectivity index (χ4v) is 3.26. The zero-order chi connectivity index (χ0) is 23.9. The minimum atomic E-state index is -1.11. The Morgan fingerprint density at radius 3 is 2.30 bits per heavy atom. The van der Waals surface area contributed by atoms with E-state index in [0.29, 0.717) is 11.9 Å². The van der Waals surface area contributed by atoms with Crippen LogP contribution in [-0.2, 0) is 0 Å². The molecule has 6 nitrogen and oxygen atoms in total. The van der Waals surface area contributed by atoms with Gasteiger partial charge in [-0.25, -0.2) is 22.5 Å². The normalized spacial score (nSPS) is 11.0. The van der Waals surface area contributed by atoms with Gasteiger partial charge in [0.1, 0.15) is 40.3 Å². The fourth-order valence-electron chi connectivity index (χ4n) is 3.26. The van der Waals surface area contributed by atoms with Gasteiger partial charge >= 0.3 is 0 Å². The summed E-state index contributed by atoms with van der Waals surface area (Å²) in [6.45, 7) is 0. The van der Waals surface area contributed by atoms with E-state index < -0.39 is 45.9 Å². The van der Waals surface area contributed by atoms with Gasteiger partial charge in [-0.05, 0) is 36.4 Å². The molecular formula is C23H16F4N4O2. The fraction of sp³-hybridized carbons (Fsp3) is 0.0870. The molecule has 1 N–H and O–H groups in total. The van der Waals surface area contributed by atoms with Crippen molar-refractivity contribution in [1.29, 1.82) is 0 Å². The lowest BCUT2D eigenvalue weighted by Gasteiger charge is -2.17. The Bertz CT molecular complexity index is 1450. The van der Waals surface area contributed by atoms with Gasteiger partial charge in [-0.1, -0.05) is 6.07 Å². The van der Waals surface area contributed by atoms with E-state index in [1.165, 1.54) is 12.1 Å². The van der Waals surface area contributed by atoms with E-state index in [1.807, 2.05) is 5.32 Å². The highest BCUT2D eigenvalue weighted by Gasteiger charge is 2.21. The first-order valence-electron chi connectivity index (χ1n) is 9.62. The highest BCUT2D eigenvalue weighted by atomic mass is 19.1. The van der Waals surface area contributed by atoms with Crippen LogP contribution in [0.1, 0.15) is 10.4 Å². The van der Waals surface area contributed by atoms with Crippen LogP contribution in [-0.4, -0.2) is 29.6 Å². The Kier molecular flexibility index (Phi) is 5.59. The molecule has 0 spiro atoms. The van der Waals surface area contributed by atoms with Gasteiger partial charge in [0.25, 0.3) is 5.91 Å². The number of para-hydroxylation sites is 1. The monoisotopic (exact) mass is 456 g/mol. The van der Waals surface area contributed by atoms with Gasteiger partial charge in [0.15, 0.2) is 5.65 Å². The Labute approximate surface area is 184 Å². The number of rotatable bonds is 4. The molecule has 4 aromatic rings. The predicted octanol–water partition coefficient (Wildman–Crippen LogP) is 4.26. The Hall–Kier alpha value is -4.21. The van der Waals surface area contributed by atoms with Crippen LogP contribution in [0.2, 0.25) is 0 Å².